The van der Waals surface area contributed by atoms with Crippen molar-refractivity contribution in [3.05, 3.63) is 101 Å². The number of fused-ring (bicyclic) bond motifs is 2. The van der Waals surface area contributed by atoms with Gasteiger partial charge in [0, 0.05) is 12.6 Å². The molecule has 0 unspecified atom stereocenters. The first-order chi connectivity index (χ1) is 18.6. The summed E-state index contributed by atoms with van der Waals surface area (Å²) >= 11 is 0. The highest BCUT2D eigenvalue weighted by atomic mass is 16.5. The number of nitrogens with zero attached hydrogens (tertiary/aromatic N) is 1. The van der Waals surface area contributed by atoms with Gasteiger partial charge in [0.15, 0.2) is 0 Å². The van der Waals surface area contributed by atoms with Crippen molar-refractivity contribution in [2.75, 3.05) is 14.2 Å². The number of nitrogens with one attached hydrogen (secondary N) is 1. The van der Waals surface area contributed by atoms with Crippen molar-refractivity contribution in [3.63, 3.8) is 0 Å². The fourth-order valence-electron chi connectivity index (χ4n) is 5.37. The quantitative estimate of drug-likeness (QED) is 0.412. The summed E-state index contributed by atoms with van der Waals surface area (Å²) in [5.41, 5.74) is 4.54. The molecule has 3 aromatic rings. The van der Waals surface area contributed by atoms with E-state index in [1.165, 1.54) is 7.11 Å². The summed E-state index contributed by atoms with van der Waals surface area (Å²) < 4.78 is 16.3. The largest absolute Gasteiger partial charge is 0.497 e. The van der Waals surface area contributed by atoms with Gasteiger partial charge in [-0.1, -0.05) is 54.6 Å². The molecule has 0 spiro atoms. The number of amides is 2. The number of hydrogen-bond acceptors (Lipinski definition) is 5. The Kier molecular flexibility index (Phi) is 7.63. The van der Waals surface area contributed by atoms with Gasteiger partial charge in [-0.15, -0.1) is 0 Å². The van der Waals surface area contributed by atoms with E-state index in [-0.39, 0.29) is 24.1 Å². The second kappa shape index (κ2) is 11.4. The summed E-state index contributed by atoms with van der Waals surface area (Å²) in [6.07, 6.45) is 2.16. The summed E-state index contributed by atoms with van der Waals surface area (Å²) in [5.74, 6) is 1.14. The van der Waals surface area contributed by atoms with Gasteiger partial charge in [0.05, 0.1) is 25.8 Å². The fraction of sp³-hybridized carbons (Fsp3) is 0.290. The summed E-state index contributed by atoms with van der Waals surface area (Å²) in [6.45, 7) is 0.883. The zero-order chi connectivity index (χ0) is 26.5. The minimum absolute atomic E-state index is 0.0216. The SMILES string of the molecule is COC(=O)C1=C(c2ccc(OCc3ccccc3)cc2)C[C@@H]2CC[C@H]1N2C(=O)NCc1ccc(OC)cc1. The van der Waals surface area contributed by atoms with Gasteiger partial charge in [-0.05, 0) is 65.8 Å². The van der Waals surface area contributed by atoms with Crippen molar-refractivity contribution in [2.45, 2.75) is 44.5 Å². The van der Waals surface area contributed by atoms with Gasteiger partial charge in [0.1, 0.15) is 18.1 Å². The first kappa shape index (κ1) is 25.4. The Balaban J connectivity index is 1.32. The molecule has 196 valence electrons. The van der Waals surface area contributed by atoms with Crippen LogP contribution in [0.3, 0.4) is 0 Å². The van der Waals surface area contributed by atoms with Crippen LogP contribution in [0.25, 0.3) is 5.57 Å². The second-order valence-corrected chi connectivity index (χ2v) is 9.55. The highest BCUT2D eigenvalue weighted by Gasteiger charge is 2.46. The molecule has 5 rings (SSSR count). The van der Waals surface area contributed by atoms with E-state index in [1.807, 2.05) is 83.8 Å². The van der Waals surface area contributed by atoms with Crippen LogP contribution in [-0.2, 0) is 22.7 Å². The third-order valence-corrected chi connectivity index (χ3v) is 7.29. The van der Waals surface area contributed by atoms with E-state index in [0.29, 0.717) is 25.1 Å². The molecule has 2 bridgehead atoms. The Bertz CT molecular complexity index is 1300. The molecule has 2 atom stereocenters. The highest BCUT2D eigenvalue weighted by Crippen LogP contribution is 2.43. The molecule has 2 amide bonds. The first-order valence-corrected chi connectivity index (χ1v) is 12.8. The topological polar surface area (TPSA) is 77.1 Å². The summed E-state index contributed by atoms with van der Waals surface area (Å²) in [7, 11) is 3.01. The monoisotopic (exact) mass is 512 g/mol. The van der Waals surface area contributed by atoms with Crippen LogP contribution in [0.5, 0.6) is 11.5 Å². The van der Waals surface area contributed by atoms with Gasteiger partial charge in [-0.25, -0.2) is 9.59 Å². The van der Waals surface area contributed by atoms with E-state index in [4.69, 9.17) is 14.2 Å². The molecule has 0 aliphatic carbocycles. The molecule has 2 heterocycles. The third-order valence-electron chi connectivity index (χ3n) is 7.29. The number of benzene rings is 3. The summed E-state index contributed by atoms with van der Waals surface area (Å²) in [6, 6.07) is 25.0. The lowest BCUT2D eigenvalue weighted by atomic mass is 9.88. The molecule has 1 fully saturated rings. The molecular weight excluding hydrogens is 480 g/mol. The van der Waals surface area contributed by atoms with Crippen molar-refractivity contribution in [3.8, 4) is 11.5 Å². The highest BCUT2D eigenvalue weighted by molar-refractivity contribution is 6.01. The van der Waals surface area contributed by atoms with Gasteiger partial charge in [-0.3, -0.25) is 0 Å². The molecule has 7 heteroatoms. The molecule has 2 aliphatic heterocycles. The molecule has 0 radical (unpaired) electrons. The number of rotatable bonds is 8. The van der Waals surface area contributed by atoms with E-state index in [1.54, 1.807) is 7.11 Å². The average molecular weight is 513 g/mol. The predicted octanol–water partition coefficient (Wildman–Crippen LogP) is 5.35. The molecule has 7 nitrogen and oxygen atoms in total. The molecule has 2 aliphatic rings. The number of methoxy groups -OCH3 is 2. The lowest BCUT2D eigenvalue weighted by Gasteiger charge is -2.37. The zero-order valence-corrected chi connectivity index (χ0v) is 21.7. The predicted molar refractivity (Wildman–Crippen MR) is 145 cm³/mol. The summed E-state index contributed by atoms with van der Waals surface area (Å²) in [5, 5.41) is 3.03. The summed E-state index contributed by atoms with van der Waals surface area (Å²) in [4.78, 5) is 28.1. The maximum absolute atomic E-state index is 13.3. The Morgan fingerprint density at radius 2 is 1.58 bits per heavy atom. The maximum atomic E-state index is 13.3. The number of carbonyl (C=O) groups is 2. The lowest BCUT2D eigenvalue weighted by Crippen LogP contribution is -2.50. The van der Waals surface area contributed by atoms with E-state index in [2.05, 4.69) is 5.32 Å². The molecular formula is C31H32N2O5. The van der Waals surface area contributed by atoms with Crippen molar-refractivity contribution in [1.29, 1.82) is 0 Å². The zero-order valence-electron chi connectivity index (χ0n) is 21.7. The van der Waals surface area contributed by atoms with Crippen molar-refractivity contribution >= 4 is 17.6 Å². The van der Waals surface area contributed by atoms with Crippen molar-refractivity contribution in [2.24, 2.45) is 0 Å². The lowest BCUT2D eigenvalue weighted by molar-refractivity contribution is -0.136. The smallest absolute Gasteiger partial charge is 0.336 e. The molecule has 0 aromatic heterocycles. The van der Waals surface area contributed by atoms with Crippen molar-refractivity contribution < 1.29 is 23.8 Å². The minimum Gasteiger partial charge on any atom is -0.497 e. The van der Waals surface area contributed by atoms with E-state index < -0.39 is 0 Å². The Hall–Kier alpha value is -4.26. The van der Waals surface area contributed by atoms with Crippen molar-refractivity contribution in [1.82, 2.24) is 10.2 Å². The Morgan fingerprint density at radius 3 is 2.26 bits per heavy atom. The van der Waals surface area contributed by atoms with Gasteiger partial charge in [-0.2, -0.15) is 0 Å². The van der Waals surface area contributed by atoms with Crippen LogP contribution in [0.15, 0.2) is 84.4 Å². The van der Waals surface area contributed by atoms with E-state index >= 15 is 0 Å². The number of urea groups is 1. The fourth-order valence-corrected chi connectivity index (χ4v) is 5.37. The molecule has 0 saturated carbocycles. The Morgan fingerprint density at radius 1 is 0.868 bits per heavy atom. The first-order valence-electron chi connectivity index (χ1n) is 12.8. The van der Waals surface area contributed by atoms with Crippen LogP contribution < -0.4 is 14.8 Å². The number of ether oxygens (including phenoxy) is 3. The number of esters is 1. The molecule has 1 saturated heterocycles. The number of carbonyl (C=O) groups excluding carboxylic acids is 2. The van der Waals surface area contributed by atoms with E-state index in [0.717, 1.165) is 46.6 Å². The second-order valence-electron chi connectivity index (χ2n) is 9.55. The van der Waals surface area contributed by atoms with Gasteiger partial charge in [0.25, 0.3) is 0 Å². The normalized spacial score (nSPS) is 18.2. The van der Waals surface area contributed by atoms with Gasteiger partial charge >= 0.3 is 12.0 Å². The average Bonchev–Trinajstić information content (AvgIpc) is 3.28. The van der Waals surface area contributed by atoms with Crippen LogP contribution in [0.4, 0.5) is 4.79 Å². The maximum Gasteiger partial charge on any atom is 0.336 e. The van der Waals surface area contributed by atoms with Gasteiger partial charge in [0.2, 0.25) is 0 Å². The van der Waals surface area contributed by atoms with Crippen LogP contribution >= 0.6 is 0 Å². The molecule has 38 heavy (non-hydrogen) atoms. The molecule has 1 N–H and O–H groups in total. The Labute approximate surface area is 223 Å². The van der Waals surface area contributed by atoms with Crippen LogP contribution in [0.1, 0.15) is 36.0 Å². The van der Waals surface area contributed by atoms with Gasteiger partial charge < -0.3 is 24.4 Å². The number of hydrogen-bond donors (Lipinski definition) is 1. The van der Waals surface area contributed by atoms with Crippen LogP contribution in [0.2, 0.25) is 0 Å². The third kappa shape index (κ3) is 5.37. The van der Waals surface area contributed by atoms with Crippen LogP contribution in [-0.4, -0.2) is 43.2 Å². The van der Waals surface area contributed by atoms with Crippen LogP contribution in [0, 0.1) is 0 Å². The van der Waals surface area contributed by atoms with E-state index in [9.17, 15) is 9.59 Å². The molecule has 3 aromatic carbocycles. The standard InChI is InChI=1S/C31H32N2O5/c1-36-25-13-8-21(9-14-25)19-32-31(35)33-24-12-17-28(33)29(30(34)37-2)27(18-24)23-10-15-26(16-11-23)38-20-22-6-4-3-5-7-22/h3-11,13-16,24,28H,12,17-20H2,1-2H3,(H,32,35)/t24-,28+/m0/s1. The minimum atomic E-state index is -0.386.